The number of hydrogen-bond donors (Lipinski definition) is 4. The summed E-state index contributed by atoms with van der Waals surface area (Å²) >= 11 is 0. The van der Waals surface area contributed by atoms with Crippen LogP contribution in [-0.2, 0) is 17.6 Å². The number of nitrogens with two attached hydrogens (primary N) is 2. The molecule has 156 valence electrons. The van der Waals surface area contributed by atoms with Gasteiger partial charge in [0.1, 0.15) is 0 Å². The molecule has 0 saturated heterocycles. The van der Waals surface area contributed by atoms with Crippen molar-refractivity contribution in [2.75, 3.05) is 24.6 Å². The Balaban J connectivity index is 1.87. The second-order valence-electron chi connectivity index (χ2n) is 7.76. The summed E-state index contributed by atoms with van der Waals surface area (Å²) in [7, 11) is 0. The molecule has 0 saturated carbocycles. The number of nitrogens with zero attached hydrogens (tertiary/aromatic N) is 1. The number of nitrogens with one attached hydrogen (secondary N) is 1. The molecule has 0 atom stereocenters. The zero-order chi connectivity index (χ0) is 21.4. The van der Waals surface area contributed by atoms with Gasteiger partial charge in [0.05, 0.1) is 0 Å². The van der Waals surface area contributed by atoms with Crippen molar-refractivity contribution in [1.29, 1.82) is 0 Å². The number of amides is 2. The van der Waals surface area contributed by atoms with Crippen LogP contribution in [0.2, 0.25) is 0 Å². The van der Waals surface area contributed by atoms with Gasteiger partial charge < -0.3 is 26.8 Å². The molecule has 0 aliphatic carbocycles. The lowest BCUT2D eigenvalue weighted by Crippen LogP contribution is -2.50. The summed E-state index contributed by atoms with van der Waals surface area (Å²) in [6.07, 6.45) is 0.282. The summed E-state index contributed by atoms with van der Waals surface area (Å²) in [6, 6.07) is 14.8. The molecule has 0 aliphatic heterocycles. The summed E-state index contributed by atoms with van der Waals surface area (Å²) in [5.74, 6) is -0.177. The van der Waals surface area contributed by atoms with Crippen molar-refractivity contribution in [3.63, 3.8) is 0 Å². The number of hydrogen-bond acceptors (Lipinski definition) is 4. The van der Waals surface area contributed by atoms with Gasteiger partial charge >= 0.3 is 6.09 Å². The third-order valence-corrected chi connectivity index (χ3v) is 4.87. The molecule has 0 spiro atoms. The van der Waals surface area contributed by atoms with Crippen LogP contribution in [0.3, 0.4) is 0 Å². The summed E-state index contributed by atoms with van der Waals surface area (Å²) in [5, 5.41) is 12.5. The predicted molar refractivity (Wildman–Crippen MR) is 116 cm³/mol. The first-order valence-corrected chi connectivity index (χ1v) is 9.63. The van der Waals surface area contributed by atoms with Crippen LogP contribution in [0.15, 0.2) is 48.5 Å². The molecule has 6 N–H and O–H groups in total. The number of carbonyl (C=O) groups is 2. The Bertz CT molecular complexity index is 817. The third-order valence-electron chi connectivity index (χ3n) is 4.87. The highest BCUT2D eigenvalue weighted by Gasteiger charge is 2.32. The predicted octanol–water partition coefficient (Wildman–Crippen LogP) is 2.90. The topological polar surface area (TPSA) is 122 Å². The van der Waals surface area contributed by atoms with Crippen molar-refractivity contribution >= 4 is 23.4 Å². The smallest absolute Gasteiger partial charge is 0.407 e. The maximum absolute atomic E-state index is 12.4. The van der Waals surface area contributed by atoms with E-state index in [9.17, 15) is 14.7 Å². The van der Waals surface area contributed by atoms with Crippen molar-refractivity contribution in [3.05, 3.63) is 59.7 Å². The molecule has 2 aromatic carbocycles. The Labute approximate surface area is 171 Å². The molecule has 0 radical (unpaired) electrons. The van der Waals surface area contributed by atoms with E-state index in [1.807, 2.05) is 36.4 Å². The minimum atomic E-state index is -1.04. The van der Waals surface area contributed by atoms with Crippen LogP contribution in [0.5, 0.6) is 0 Å². The third kappa shape index (κ3) is 7.03. The molecule has 2 amide bonds. The van der Waals surface area contributed by atoms with Crippen molar-refractivity contribution in [1.82, 2.24) is 10.2 Å². The van der Waals surface area contributed by atoms with Crippen LogP contribution in [-0.4, -0.2) is 40.6 Å². The lowest BCUT2D eigenvalue weighted by atomic mass is 9.97. The second-order valence-corrected chi connectivity index (χ2v) is 7.76. The molecule has 0 heterocycles. The van der Waals surface area contributed by atoms with Crippen LogP contribution in [0.1, 0.15) is 31.4 Å². The van der Waals surface area contributed by atoms with Crippen LogP contribution >= 0.6 is 0 Å². The SMILES string of the molecule is CC(C)(CC(=O)NCCc1ccc(N)cc1)N(CCc1ccc(N)cc1)C(=O)O. The lowest BCUT2D eigenvalue weighted by Gasteiger charge is -2.36. The van der Waals surface area contributed by atoms with Gasteiger partial charge in [-0.05, 0) is 62.1 Å². The molecule has 0 bridgehead atoms. The summed E-state index contributed by atoms with van der Waals surface area (Å²) in [5.41, 5.74) is 14.0. The highest BCUT2D eigenvalue weighted by atomic mass is 16.4. The zero-order valence-electron chi connectivity index (χ0n) is 17.0. The van der Waals surface area contributed by atoms with Gasteiger partial charge in [-0.25, -0.2) is 4.79 Å². The van der Waals surface area contributed by atoms with Gasteiger partial charge in [0.2, 0.25) is 5.91 Å². The molecule has 7 nitrogen and oxygen atoms in total. The molecule has 0 unspecified atom stereocenters. The first kappa shape index (κ1) is 22.1. The summed E-state index contributed by atoms with van der Waals surface area (Å²) in [4.78, 5) is 25.5. The van der Waals surface area contributed by atoms with Crippen LogP contribution in [0.25, 0.3) is 0 Å². The Morgan fingerprint density at radius 2 is 1.41 bits per heavy atom. The largest absolute Gasteiger partial charge is 0.465 e. The van der Waals surface area contributed by atoms with Gasteiger partial charge in [0.25, 0.3) is 0 Å². The highest BCUT2D eigenvalue weighted by Crippen LogP contribution is 2.20. The van der Waals surface area contributed by atoms with Gasteiger partial charge in [0, 0.05) is 36.4 Å². The quantitative estimate of drug-likeness (QED) is 0.484. The van der Waals surface area contributed by atoms with E-state index >= 15 is 0 Å². The molecule has 7 heteroatoms. The second kappa shape index (κ2) is 9.82. The molecule has 29 heavy (non-hydrogen) atoms. The van der Waals surface area contributed by atoms with E-state index in [2.05, 4.69) is 5.32 Å². The molecule has 0 aromatic heterocycles. The van der Waals surface area contributed by atoms with Crippen LogP contribution < -0.4 is 16.8 Å². The number of rotatable bonds is 9. The van der Waals surface area contributed by atoms with E-state index in [4.69, 9.17) is 11.5 Å². The van der Waals surface area contributed by atoms with Gasteiger partial charge in [-0.3, -0.25) is 4.79 Å². The Morgan fingerprint density at radius 1 is 0.931 bits per heavy atom. The molecule has 2 aromatic rings. The average Bonchev–Trinajstić information content (AvgIpc) is 2.64. The normalized spacial score (nSPS) is 11.1. The number of nitrogen functional groups attached to an aromatic ring is 2. The van der Waals surface area contributed by atoms with Gasteiger partial charge in [0.15, 0.2) is 0 Å². The first-order valence-electron chi connectivity index (χ1n) is 9.63. The van der Waals surface area contributed by atoms with E-state index < -0.39 is 11.6 Å². The zero-order valence-corrected chi connectivity index (χ0v) is 17.0. The van der Waals surface area contributed by atoms with E-state index in [1.54, 1.807) is 26.0 Å². The Kier molecular flexibility index (Phi) is 7.47. The molecular weight excluding hydrogens is 368 g/mol. The van der Waals surface area contributed by atoms with E-state index in [0.29, 0.717) is 37.3 Å². The van der Waals surface area contributed by atoms with E-state index in [-0.39, 0.29) is 12.3 Å². The van der Waals surface area contributed by atoms with E-state index in [1.165, 1.54) is 4.90 Å². The minimum absolute atomic E-state index is 0.0861. The Hall–Kier alpha value is -3.22. The molecular formula is C22H30N4O3. The number of anilines is 2. The van der Waals surface area contributed by atoms with Crippen LogP contribution in [0, 0.1) is 0 Å². The fourth-order valence-corrected chi connectivity index (χ4v) is 3.16. The number of carbonyl (C=O) groups excluding carboxylic acids is 1. The maximum atomic E-state index is 12.4. The number of carboxylic acid groups (broad SMARTS) is 1. The average molecular weight is 399 g/mol. The highest BCUT2D eigenvalue weighted by molar-refractivity contribution is 5.78. The number of benzene rings is 2. The minimum Gasteiger partial charge on any atom is -0.465 e. The monoisotopic (exact) mass is 398 g/mol. The van der Waals surface area contributed by atoms with Crippen molar-refractivity contribution < 1.29 is 14.7 Å². The van der Waals surface area contributed by atoms with Crippen LogP contribution in [0.4, 0.5) is 16.2 Å². The fraction of sp³-hybridized carbons (Fsp3) is 0.364. The summed E-state index contributed by atoms with van der Waals surface area (Å²) < 4.78 is 0. The van der Waals surface area contributed by atoms with Crippen molar-refractivity contribution in [2.45, 2.75) is 38.6 Å². The van der Waals surface area contributed by atoms with Gasteiger partial charge in [-0.2, -0.15) is 0 Å². The molecule has 2 rings (SSSR count). The first-order chi connectivity index (χ1) is 13.7. The fourth-order valence-electron chi connectivity index (χ4n) is 3.16. The summed E-state index contributed by atoms with van der Waals surface area (Å²) in [6.45, 7) is 4.32. The van der Waals surface area contributed by atoms with Crippen molar-refractivity contribution in [3.8, 4) is 0 Å². The van der Waals surface area contributed by atoms with E-state index in [0.717, 1.165) is 11.1 Å². The molecule has 0 aliphatic rings. The van der Waals surface area contributed by atoms with Crippen molar-refractivity contribution in [2.24, 2.45) is 0 Å². The molecule has 0 fully saturated rings. The maximum Gasteiger partial charge on any atom is 0.407 e. The van der Waals surface area contributed by atoms with Gasteiger partial charge in [-0.15, -0.1) is 0 Å². The Morgan fingerprint density at radius 3 is 1.90 bits per heavy atom. The standard InChI is InChI=1S/C22H30N4O3/c1-22(2,15-20(27)25-13-11-16-3-7-18(23)8-4-16)26(21(28)29)14-12-17-5-9-19(24)10-6-17/h3-10H,11-15,23-24H2,1-2H3,(H,25,27)(H,28,29). The van der Waals surface area contributed by atoms with Gasteiger partial charge in [-0.1, -0.05) is 24.3 Å². The lowest BCUT2D eigenvalue weighted by molar-refractivity contribution is -0.123.